The molecule has 4 aromatic heterocycles. The minimum atomic E-state index is 0. The predicted octanol–water partition coefficient (Wildman–Crippen LogP) is 11.5. The van der Waals surface area contributed by atoms with Gasteiger partial charge in [-0.25, -0.2) is 4.98 Å². The second-order valence-electron chi connectivity index (χ2n) is 13.2. The molecule has 0 bridgehead atoms. The van der Waals surface area contributed by atoms with Crippen molar-refractivity contribution in [2.45, 2.75) is 48.0 Å². The van der Waals surface area contributed by atoms with Crippen molar-refractivity contribution in [3.63, 3.8) is 0 Å². The number of aromatic nitrogens is 3. The Bertz CT molecular complexity index is 2470. The van der Waals surface area contributed by atoms with Crippen LogP contribution in [0.3, 0.4) is 0 Å². The van der Waals surface area contributed by atoms with Crippen molar-refractivity contribution in [2.24, 2.45) is 0 Å². The van der Waals surface area contributed by atoms with Gasteiger partial charge in [0, 0.05) is 55.6 Å². The van der Waals surface area contributed by atoms with Gasteiger partial charge in [0.25, 0.3) is 0 Å². The smallest absolute Gasteiger partial charge is 0.216 e. The molecule has 4 heterocycles. The number of fused-ring (bicyclic) bond motifs is 3. The van der Waals surface area contributed by atoms with Gasteiger partial charge in [0.15, 0.2) is 0 Å². The van der Waals surface area contributed by atoms with Crippen molar-refractivity contribution in [3.05, 3.63) is 172 Å². The minimum Gasteiger partial charge on any atom is -0.486 e. The van der Waals surface area contributed by atoms with Crippen LogP contribution in [0, 0.1) is 53.7 Å². The summed E-state index contributed by atoms with van der Waals surface area (Å²) in [6, 6.07) is 42.1. The molecule has 8 aromatic rings. The second kappa shape index (κ2) is 15.3. The molecule has 8 rings (SSSR count). The molecule has 0 spiro atoms. The van der Waals surface area contributed by atoms with E-state index in [9.17, 15) is 0 Å². The van der Waals surface area contributed by atoms with E-state index in [-0.39, 0.29) is 20.1 Å². The van der Waals surface area contributed by atoms with Gasteiger partial charge in [-0.1, -0.05) is 89.7 Å². The summed E-state index contributed by atoms with van der Waals surface area (Å²) in [5.41, 5.74) is 17.2. The summed E-state index contributed by atoms with van der Waals surface area (Å²) in [4.78, 5) is 14.1. The summed E-state index contributed by atoms with van der Waals surface area (Å²) in [6.45, 7) is 12.6. The fourth-order valence-electron chi connectivity index (χ4n) is 6.28. The Kier molecular flexibility index (Phi) is 10.7. The van der Waals surface area contributed by atoms with E-state index >= 15 is 0 Å². The maximum absolute atomic E-state index is 6.32. The topological polar surface area (TPSA) is 51.8 Å². The molecule has 0 aliphatic heterocycles. The van der Waals surface area contributed by atoms with Crippen LogP contribution >= 0.6 is 0 Å². The average Bonchev–Trinajstić information content (AvgIpc) is 3.49. The van der Waals surface area contributed by atoms with Crippen LogP contribution < -0.4 is 0 Å². The zero-order chi connectivity index (χ0) is 34.8. The van der Waals surface area contributed by atoms with Crippen LogP contribution in [0.15, 0.2) is 120 Å². The zero-order valence-corrected chi connectivity index (χ0v) is 32.2. The van der Waals surface area contributed by atoms with Gasteiger partial charge in [-0.2, -0.15) is 0 Å². The van der Waals surface area contributed by atoms with Gasteiger partial charge in [-0.05, 0) is 86.0 Å². The third-order valence-electron chi connectivity index (χ3n) is 9.24. The number of hydrogen-bond donors (Lipinski definition) is 0. The van der Waals surface area contributed by atoms with Crippen LogP contribution in [-0.2, 0) is 26.5 Å². The molecule has 51 heavy (non-hydrogen) atoms. The van der Waals surface area contributed by atoms with E-state index in [1.54, 1.807) is 0 Å². The number of nitrogens with zero attached hydrogens (tertiary/aromatic N) is 3. The number of furan rings is 1. The van der Waals surface area contributed by atoms with E-state index in [2.05, 4.69) is 138 Å². The summed E-state index contributed by atoms with van der Waals surface area (Å²) in [6.07, 6.45) is 4.65. The fourth-order valence-corrected chi connectivity index (χ4v) is 6.28. The van der Waals surface area contributed by atoms with Crippen molar-refractivity contribution >= 4 is 22.1 Å². The minimum absolute atomic E-state index is 0. The van der Waals surface area contributed by atoms with Crippen LogP contribution in [0.1, 0.15) is 44.6 Å². The first-order valence-electron chi connectivity index (χ1n) is 17.0. The van der Waals surface area contributed by atoms with E-state index < -0.39 is 0 Å². The summed E-state index contributed by atoms with van der Waals surface area (Å²) in [5.74, 6) is 0. The van der Waals surface area contributed by atoms with Gasteiger partial charge in [-0.3, -0.25) is 0 Å². The van der Waals surface area contributed by atoms with E-state index in [4.69, 9.17) is 14.4 Å². The molecular formula is C46H39IrN3O-2. The van der Waals surface area contributed by atoms with Gasteiger partial charge in [0.1, 0.15) is 0 Å². The molecule has 0 fully saturated rings. The van der Waals surface area contributed by atoms with Crippen molar-refractivity contribution in [1.29, 1.82) is 0 Å². The van der Waals surface area contributed by atoms with Crippen LogP contribution in [0.25, 0.3) is 55.7 Å². The van der Waals surface area contributed by atoms with Gasteiger partial charge in [-0.15, -0.1) is 53.6 Å². The SMILES string of the molecule is Cc1c[c-]c(-c2cc(C)c(C)cn2)cc1.Cc1ccc(-c2cnc(-c3[c-]ccc4c3oc3nc(Cc5ccccc5)ccc34)cc2C)c(C)c1.[Ir]. The molecule has 4 aromatic carbocycles. The largest absolute Gasteiger partial charge is 0.486 e. The molecule has 0 saturated carbocycles. The number of benzene rings is 4. The summed E-state index contributed by atoms with van der Waals surface area (Å²) < 4.78 is 6.32. The standard InChI is InChI=1S/C32H25N2O.C14H14N.Ir/c1-20-12-14-25(21(2)16-20)29-19-33-30(17-22(29)3)28-11-7-10-26-27-15-13-24(34-32(27)35-31(26)28)18-23-8-5-4-6-9-23;1-10-4-6-13(7-5-10)14-8-11(2)12(3)9-15-14;/h4-10,12-17,19H,18H2,1-3H3;4-6,8-9H,1-3H3;/q2*-1;. The first-order valence-corrected chi connectivity index (χ1v) is 17.0. The molecule has 4 nitrogen and oxygen atoms in total. The molecule has 0 unspecified atom stereocenters. The number of hydrogen-bond acceptors (Lipinski definition) is 4. The maximum atomic E-state index is 6.32. The summed E-state index contributed by atoms with van der Waals surface area (Å²) in [5, 5.41) is 2.04. The van der Waals surface area contributed by atoms with Crippen LogP contribution in [-0.4, -0.2) is 15.0 Å². The van der Waals surface area contributed by atoms with Gasteiger partial charge in [0.05, 0.1) is 5.58 Å². The Morgan fingerprint density at radius 1 is 0.608 bits per heavy atom. The first kappa shape index (κ1) is 35.6. The van der Waals surface area contributed by atoms with Crippen molar-refractivity contribution in [2.75, 3.05) is 0 Å². The van der Waals surface area contributed by atoms with E-state index in [1.807, 2.05) is 36.7 Å². The number of aryl methyl sites for hydroxylation is 6. The molecule has 0 aliphatic carbocycles. The Morgan fingerprint density at radius 3 is 2.08 bits per heavy atom. The Hall–Kier alpha value is -5.22. The monoisotopic (exact) mass is 842 g/mol. The molecule has 255 valence electrons. The Balaban J connectivity index is 0.000000236. The molecule has 0 atom stereocenters. The maximum Gasteiger partial charge on any atom is 0.216 e. The number of pyridine rings is 3. The van der Waals surface area contributed by atoms with E-state index in [0.29, 0.717) is 5.71 Å². The predicted molar refractivity (Wildman–Crippen MR) is 205 cm³/mol. The Labute approximate surface area is 314 Å². The van der Waals surface area contributed by atoms with Crippen LogP contribution in [0.2, 0.25) is 0 Å². The van der Waals surface area contributed by atoms with Crippen molar-refractivity contribution in [1.82, 2.24) is 15.0 Å². The average molecular weight is 842 g/mol. The van der Waals surface area contributed by atoms with Gasteiger partial charge in [0.2, 0.25) is 5.71 Å². The van der Waals surface area contributed by atoms with Crippen LogP contribution in [0.4, 0.5) is 0 Å². The zero-order valence-electron chi connectivity index (χ0n) is 29.8. The number of rotatable bonds is 5. The van der Waals surface area contributed by atoms with Gasteiger partial charge < -0.3 is 14.4 Å². The molecule has 5 heteroatoms. The third kappa shape index (κ3) is 7.76. The van der Waals surface area contributed by atoms with Crippen molar-refractivity contribution in [3.8, 4) is 33.6 Å². The molecule has 0 N–H and O–H groups in total. The quantitative estimate of drug-likeness (QED) is 0.162. The van der Waals surface area contributed by atoms with Crippen LogP contribution in [0.5, 0.6) is 0 Å². The van der Waals surface area contributed by atoms with Gasteiger partial charge >= 0.3 is 0 Å². The second-order valence-corrected chi connectivity index (χ2v) is 13.2. The molecule has 0 saturated heterocycles. The van der Waals surface area contributed by atoms with E-state index in [0.717, 1.165) is 56.5 Å². The molecule has 0 aliphatic rings. The van der Waals surface area contributed by atoms with E-state index in [1.165, 1.54) is 44.5 Å². The van der Waals surface area contributed by atoms with Crippen molar-refractivity contribution < 1.29 is 24.5 Å². The summed E-state index contributed by atoms with van der Waals surface area (Å²) >= 11 is 0. The fraction of sp³-hybridized carbons (Fsp3) is 0.152. The normalized spacial score (nSPS) is 10.9. The molecule has 0 amide bonds. The molecule has 1 radical (unpaired) electrons. The molecular weight excluding hydrogens is 803 g/mol. The first-order chi connectivity index (χ1) is 24.2. The Morgan fingerprint density at radius 2 is 1.35 bits per heavy atom. The third-order valence-corrected chi connectivity index (χ3v) is 9.24. The summed E-state index contributed by atoms with van der Waals surface area (Å²) in [7, 11) is 0.